The molecule has 0 fully saturated rings. The Bertz CT molecular complexity index is 1350. The first-order valence-corrected chi connectivity index (χ1v) is 9.06. The lowest BCUT2D eigenvalue weighted by molar-refractivity contribution is 0.553. The Kier molecular flexibility index (Phi) is 4.86. The Labute approximate surface area is 170 Å². The van der Waals surface area contributed by atoms with Crippen LogP contribution < -0.4 is 16.5 Å². The van der Waals surface area contributed by atoms with Gasteiger partial charge in [0.15, 0.2) is 16.8 Å². The van der Waals surface area contributed by atoms with Crippen molar-refractivity contribution in [3.63, 3.8) is 0 Å². The van der Waals surface area contributed by atoms with Gasteiger partial charge in [-0.2, -0.15) is 0 Å². The number of benzene rings is 2. The van der Waals surface area contributed by atoms with Crippen molar-refractivity contribution in [2.75, 3.05) is 11.1 Å². The Hall–Kier alpha value is -4.25. The zero-order valence-corrected chi connectivity index (χ0v) is 15.9. The smallest absolute Gasteiger partial charge is 0.268 e. The highest BCUT2D eigenvalue weighted by Crippen LogP contribution is 2.34. The van der Waals surface area contributed by atoms with E-state index in [0.29, 0.717) is 5.56 Å². The van der Waals surface area contributed by atoms with Crippen LogP contribution in [0.3, 0.4) is 0 Å². The Balaban J connectivity index is 1.94. The predicted octanol–water partition coefficient (Wildman–Crippen LogP) is 4.70. The Morgan fingerprint density at radius 2 is 1.93 bits per heavy atom. The van der Waals surface area contributed by atoms with Gasteiger partial charge in [-0.25, -0.2) is 19.2 Å². The van der Waals surface area contributed by atoms with Crippen molar-refractivity contribution in [2.24, 2.45) is 0 Å². The number of fused-ring (bicyclic) bond motifs is 1. The number of hydrogen-bond donors (Lipinski definition) is 2. The van der Waals surface area contributed by atoms with E-state index in [4.69, 9.17) is 16.7 Å². The second-order valence-corrected chi connectivity index (χ2v) is 6.59. The van der Waals surface area contributed by atoms with Gasteiger partial charge in [0.2, 0.25) is 0 Å². The highest BCUT2D eigenvalue weighted by molar-refractivity contribution is 5.82. The van der Waals surface area contributed by atoms with Crippen molar-refractivity contribution in [3.8, 4) is 11.3 Å². The predicted molar refractivity (Wildman–Crippen MR) is 113 cm³/mol. The highest BCUT2D eigenvalue weighted by atomic mass is 19.1. The number of aromatic nitrogens is 2. The third-order valence-electron chi connectivity index (χ3n) is 4.69. The van der Waals surface area contributed by atoms with E-state index >= 15 is 0 Å². The molecule has 0 spiro atoms. The maximum Gasteiger partial charge on any atom is 0.268 e. The third-order valence-corrected chi connectivity index (χ3v) is 4.69. The zero-order chi connectivity index (χ0) is 21.3. The number of halogens is 1. The number of hydrogen-bond acceptors (Lipinski definition) is 6. The maximum atomic E-state index is 14.4. The molecule has 0 aliphatic rings. The van der Waals surface area contributed by atoms with Crippen LogP contribution in [0.5, 0.6) is 0 Å². The molecule has 4 rings (SSSR count). The molecule has 1 atom stereocenters. The molecule has 2 heterocycles. The molecular formula is C22H16FN5O2. The van der Waals surface area contributed by atoms with E-state index in [2.05, 4.69) is 20.1 Å². The van der Waals surface area contributed by atoms with Gasteiger partial charge in [-0.05, 0) is 19.1 Å². The lowest BCUT2D eigenvalue weighted by atomic mass is 9.99. The largest absolute Gasteiger partial charge is 0.452 e. The summed E-state index contributed by atoms with van der Waals surface area (Å²) in [6.07, 6.45) is 1.23. The van der Waals surface area contributed by atoms with Crippen molar-refractivity contribution in [3.05, 3.63) is 87.9 Å². The number of nitrogens with two attached hydrogens (primary N) is 1. The van der Waals surface area contributed by atoms with Crippen molar-refractivity contribution in [1.82, 2.24) is 9.97 Å². The van der Waals surface area contributed by atoms with Crippen molar-refractivity contribution in [1.29, 1.82) is 0 Å². The first kappa shape index (κ1) is 19.1. The van der Waals surface area contributed by atoms with Crippen LogP contribution in [0.15, 0.2) is 64.1 Å². The number of anilines is 2. The SMILES string of the molecule is [C-]#[N+]c1c(N)ncnc1NC(C)c1c(-c2ccccc2)oc2c(F)cccc2c1=O. The molecule has 0 aliphatic heterocycles. The van der Waals surface area contributed by atoms with Crippen LogP contribution in [-0.2, 0) is 0 Å². The Morgan fingerprint density at radius 1 is 1.17 bits per heavy atom. The molecule has 0 saturated heterocycles. The fourth-order valence-electron chi connectivity index (χ4n) is 3.28. The van der Waals surface area contributed by atoms with Crippen LogP contribution >= 0.6 is 0 Å². The average Bonchev–Trinajstić information content (AvgIpc) is 2.75. The number of nitrogen functional groups attached to an aromatic ring is 1. The number of nitrogens with one attached hydrogen (secondary N) is 1. The minimum Gasteiger partial charge on any atom is -0.452 e. The summed E-state index contributed by atoms with van der Waals surface area (Å²) in [7, 11) is 0. The molecule has 4 aromatic rings. The van der Waals surface area contributed by atoms with Gasteiger partial charge in [0, 0.05) is 5.56 Å². The number of para-hydroxylation sites is 1. The summed E-state index contributed by atoms with van der Waals surface area (Å²) in [4.78, 5) is 24.6. The van der Waals surface area contributed by atoms with Crippen LogP contribution in [0.25, 0.3) is 27.1 Å². The van der Waals surface area contributed by atoms with E-state index < -0.39 is 11.9 Å². The lowest BCUT2D eigenvalue weighted by Crippen LogP contribution is -2.20. The molecule has 30 heavy (non-hydrogen) atoms. The van der Waals surface area contributed by atoms with Gasteiger partial charge in [-0.1, -0.05) is 36.4 Å². The van der Waals surface area contributed by atoms with Gasteiger partial charge >= 0.3 is 0 Å². The second kappa shape index (κ2) is 7.64. The molecule has 8 heteroatoms. The standard InChI is InChI=1S/C22H16FN5O2/c1-12(28-22-17(25-2)21(24)26-11-27-22)16-18(29)14-9-6-10-15(23)20(14)30-19(16)13-7-4-3-5-8-13/h3-12H,1H3,(H3,24,26,27,28). The molecule has 1 unspecified atom stereocenters. The third kappa shape index (κ3) is 3.22. The van der Waals surface area contributed by atoms with E-state index in [1.807, 2.05) is 6.07 Å². The van der Waals surface area contributed by atoms with E-state index in [1.54, 1.807) is 31.2 Å². The van der Waals surface area contributed by atoms with Crippen LogP contribution in [0.2, 0.25) is 0 Å². The summed E-state index contributed by atoms with van der Waals surface area (Å²) in [6.45, 7) is 9.06. The van der Waals surface area contributed by atoms with Crippen molar-refractivity contribution < 1.29 is 8.81 Å². The van der Waals surface area contributed by atoms with Crippen LogP contribution in [0.4, 0.5) is 21.7 Å². The minimum absolute atomic E-state index is 0.0330. The molecule has 0 saturated carbocycles. The van der Waals surface area contributed by atoms with Gasteiger partial charge in [-0.3, -0.25) is 4.79 Å². The van der Waals surface area contributed by atoms with E-state index in [9.17, 15) is 9.18 Å². The summed E-state index contributed by atoms with van der Waals surface area (Å²) in [5.74, 6) is -0.147. The fourth-order valence-corrected chi connectivity index (χ4v) is 3.28. The van der Waals surface area contributed by atoms with Crippen LogP contribution in [0.1, 0.15) is 18.5 Å². The van der Waals surface area contributed by atoms with E-state index in [1.165, 1.54) is 24.5 Å². The Morgan fingerprint density at radius 3 is 2.67 bits per heavy atom. The molecule has 0 bridgehead atoms. The molecule has 2 aromatic carbocycles. The molecule has 148 valence electrons. The molecule has 3 N–H and O–H groups in total. The van der Waals surface area contributed by atoms with Gasteiger partial charge in [-0.15, -0.1) is 0 Å². The van der Waals surface area contributed by atoms with Gasteiger partial charge < -0.3 is 15.5 Å². The normalized spacial score (nSPS) is 11.8. The number of rotatable bonds is 4. The first-order chi connectivity index (χ1) is 14.5. The summed E-state index contributed by atoms with van der Waals surface area (Å²) < 4.78 is 20.3. The summed E-state index contributed by atoms with van der Waals surface area (Å²) >= 11 is 0. The van der Waals surface area contributed by atoms with Crippen LogP contribution in [-0.4, -0.2) is 9.97 Å². The van der Waals surface area contributed by atoms with Crippen molar-refractivity contribution >= 4 is 28.3 Å². The molecule has 0 amide bonds. The molecule has 2 aromatic heterocycles. The van der Waals surface area contributed by atoms with Gasteiger partial charge in [0.05, 0.1) is 23.6 Å². The quantitative estimate of drug-likeness (QED) is 0.481. The number of nitrogens with zero attached hydrogens (tertiary/aromatic N) is 3. The maximum absolute atomic E-state index is 14.4. The molecule has 7 nitrogen and oxygen atoms in total. The highest BCUT2D eigenvalue weighted by Gasteiger charge is 2.23. The molecular weight excluding hydrogens is 385 g/mol. The monoisotopic (exact) mass is 401 g/mol. The summed E-state index contributed by atoms with van der Waals surface area (Å²) in [5.41, 5.74) is 6.24. The average molecular weight is 401 g/mol. The van der Waals surface area contributed by atoms with Crippen LogP contribution in [0, 0.1) is 12.4 Å². The lowest BCUT2D eigenvalue weighted by Gasteiger charge is -2.19. The van der Waals surface area contributed by atoms with Gasteiger partial charge in [0.1, 0.15) is 23.7 Å². The summed E-state index contributed by atoms with van der Waals surface area (Å²) in [6, 6.07) is 12.6. The fraction of sp³-hybridized carbons (Fsp3) is 0.0909. The molecule has 0 aliphatic carbocycles. The molecule has 0 radical (unpaired) electrons. The zero-order valence-electron chi connectivity index (χ0n) is 15.9. The van der Waals surface area contributed by atoms with E-state index in [-0.39, 0.29) is 45.0 Å². The summed E-state index contributed by atoms with van der Waals surface area (Å²) in [5, 5.41) is 3.18. The second-order valence-electron chi connectivity index (χ2n) is 6.59. The van der Waals surface area contributed by atoms with E-state index in [0.717, 1.165) is 0 Å². The topological polar surface area (TPSA) is 98.4 Å². The first-order valence-electron chi connectivity index (χ1n) is 9.06. The minimum atomic E-state index is -0.626. The van der Waals surface area contributed by atoms with Gasteiger partial charge in [0.25, 0.3) is 5.69 Å². The van der Waals surface area contributed by atoms with Crippen molar-refractivity contribution in [2.45, 2.75) is 13.0 Å².